The van der Waals surface area contributed by atoms with Gasteiger partial charge in [0.2, 0.25) is 0 Å². The van der Waals surface area contributed by atoms with Crippen LogP contribution < -0.4 is 0 Å². The zero-order chi connectivity index (χ0) is 15.3. The Balaban J connectivity index is 2.03. The van der Waals surface area contributed by atoms with Gasteiger partial charge in [-0.05, 0) is 40.3 Å². The predicted octanol–water partition coefficient (Wildman–Crippen LogP) is 4.95. The summed E-state index contributed by atoms with van der Waals surface area (Å²) in [5, 5.41) is 0. The van der Waals surface area contributed by atoms with Gasteiger partial charge in [0.15, 0.2) is 0 Å². The summed E-state index contributed by atoms with van der Waals surface area (Å²) in [4.78, 5) is 7.72. The third-order valence-corrected chi connectivity index (χ3v) is 4.94. The highest BCUT2D eigenvalue weighted by Crippen LogP contribution is 2.50. The van der Waals surface area contributed by atoms with Crippen molar-refractivity contribution in [2.75, 3.05) is 0 Å². The first kappa shape index (κ1) is 13.3. The van der Waals surface area contributed by atoms with Crippen molar-refractivity contribution in [3.63, 3.8) is 0 Å². The Morgan fingerprint density at radius 2 is 1.82 bits per heavy atom. The van der Waals surface area contributed by atoms with E-state index in [4.69, 9.17) is 0 Å². The van der Waals surface area contributed by atoms with E-state index in [1.807, 2.05) is 12.4 Å². The number of aromatic amines is 1. The quantitative estimate of drug-likeness (QED) is 0.710. The summed E-state index contributed by atoms with van der Waals surface area (Å²) in [6.07, 6.45) is 4.72. The molecule has 2 heteroatoms. The zero-order valence-electron chi connectivity index (χ0n) is 13.3. The number of aromatic nitrogens is 2. The standard InChI is InChI=1S/C20H20N2/c1-4-13-11-16-14-7-5-6-8-17(14)20(2,3)18(16)12-15(13)19-21-9-10-22-19/h5-12H,4H2,1-3H3,(H,21,22). The molecule has 1 aliphatic rings. The molecule has 0 spiro atoms. The van der Waals surface area contributed by atoms with E-state index in [1.165, 1.54) is 33.4 Å². The van der Waals surface area contributed by atoms with Gasteiger partial charge in [-0.2, -0.15) is 0 Å². The normalized spacial score (nSPS) is 14.7. The molecule has 110 valence electrons. The predicted molar refractivity (Wildman–Crippen MR) is 91.0 cm³/mol. The van der Waals surface area contributed by atoms with Gasteiger partial charge in [-0.1, -0.05) is 51.1 Å². The van der Waals surface area contributed by atoms with Gasteiger partial charge in [0, 0.05) is 23.4 Å². The summed E-state index contributed by atoms with van der Waals surface area (Å²) >= 11 is 0. The molecule has 0 aliphatic heterocycles. The van der Waals surface area contributed by atoms with Crippen LogP contribution in [-0.2, 0) is 11.8 Å². The van der Waals surface area contributed by atoms with Crippen molar-refractivity contribution in [3.05, 3.63) is 65.5 Å². The molecular weight excluding hydrogens is 268 g/mol. The number of aryl methyl sites for hydroxylation is 1. The number of nitrogens with zero attached hydrogens (tertiary/aromatic N) is 1. The molecule has 0 unspecified atom stereocenters. The van der Waals surface area contributed by atoms with Crippen LogP contribution in [0.2, 0.25) is 0 Å². The van der Waals surface area contributed by atoms with Gasteiger partial charge < -0.3 is 4.98 Å². The molecule has 1 aliphatic carbocycles. The number of benzene rings is 2. The van der Waals surface area contributed by atoms with Gasteiger partial charge in [0.1, 0.15) is 5.82 Å². The SMILES string of the molecule is CCc1cc2c(cc1-c1ncc[nH]1)C(C)(C)c1ccccc1-2. The average molecular weight is 288 g/mol. The van der Waals surface area contributed by atoms with E-state index >= 15 is 0 Å². The van der Waals surface area contributed by atoms with Crippen LogP contribution in [0.4, 0.5) is 0 Å². The number of hydrogen-bond acceptors (Lipinski definition) is 1. The van der Waals surface area contributed by atoms with Gasteiger partial charge in [-0.3, -0.25) is 0 Å². The van der Waals surface area contributed by atoms with E-state index < -0.39 is 0 Å². The molecule has 0 fully saturated rings. The maximum Gasteiger partial charge on any atom is 0.137 e. The number of hydrogen-bond donors (Lipinski definition) is 1. The molecule has 0 radical (unpaired) electrons. The van der Waals surface area contributed by atoms with Crippen molar-refractivity contribution in [1.82, 2.24) is 9.97 Å². The number of rotatable bonds is 2. The Morgan fingerprint density at radius 1 is 1.00 bits per heavy atom. The Labute approximate surface area is 131 Å². The minimum atomic E-state index is 0.0412. The molecule has 1 heterocycles. The third kappa shape index (κ3) is 1.70. The second-order valence-corrected chi connectivity index (χ2v) is 6.52. The fourth-order valence-electron chi connectivity index (χ4n) is 3.72. The summed E-state index contributed by atoms with van der Waals surface area (Å²) in [5.74, 6) is 0.964. The van der Waals surface area contributed by atoms with Crippen molar-refractivity contribution < 1.29 is 0 Å². The molecule has 22 heavy (non-hydrogen) atoms. The molecule has 1 aromatic heterocycles. The Kier molecular flexibility index (Phi) is 2.77. The fraction of sp³-hybridized carbons (Fsp3) is 0.250. The molecule has 0 saturated carbocycles. The molecule has 2 aromatic carbocycles. The van der Waals surface area contributed by atoms with Crippen LogP contribution in [0.3, 0.4) is 0 Å². The van der Waals surface area contributed by atoms with Crippen LogP contribution in [0.1, 0.15) is 37.5 Å². The molecule has 1 N–H and O–H groups in total. The maximum absolute atomic E-state index is 4.46. The van der Waals surface area contributed by atoms with Crippen LogP contribution in [0.5, 0.6) is 0 Å². The molecular formula is C20H20N2. The monoisotopic (exact) mass is 288 g/mol. The van der Waals surface area contributed by atoms with Crippen LogP contribution in [0.25, 0.3) is 22.5 Å². The summed E-state index contributed by atoms with van der Waals surface area (Å²) in [7, 11) is 0. The second-order valence-electron chi connectivity index (χ2n) is 6.52. The van der Waals surface area contributed by atoms with E-state index in [0.717, 1.165) is 12.2 Å². The largest absolute Gasteiger partial charge is 0.345 e. The van der Waals surface area contributed by atoms with E-state index in [9.17, 15) is 0 Å². The second kappa shape index (κ2) is 4.57. The molecule has 0 saturated heterocycles. The first-order chi connectivity index (χ1) is 10.6. The van der Waals surface area contributed by atoms with Crippen LogP contribution in [0, 0.1) is 0 Å². The summed E-state index contributed by atoms with van der Waals surface area (Å²) in [6.45, 7) is 6.84. The van der Waals surface area contributed by atoms with Gasteiger partial charge in [0.05, 0.1) is 0 Å². The van der Waals surface area contributed by atoms with Crippen molar-refractivity contribution in [1.29, 1.82) is 0 Å². The molecule has 3 aromatic rings. The van der Waals surface area contributed by atoms with Gasteiger partial charge >= 0.3 is 0 Å². The molecule has 4 rings (SSSR count). The lowest BCUT2D eigenvalue weighted by molar-refractivity contribution is 0.660. The Morgan fingerprint density at radius 3 is 2.55 bits per heavy atom. The van der Waals surface area contributed by atoms with E-state index in [2.05, 4.69) is 67.1 Å². The van der Waals surface area contributed by atoms with Crippen LogP contribution >= 0.6 is 0 Å². The Hall–Kier alpha value is -2.35. The van der Waals surface area contributed by atoms with Crippen molar-refractivity contribution in [2.24, 2.45) is 0 Å². The average Bonchev–Trinajstić information content (AvgIpc) is 3.13. The minimum Gasteiger partial charge on any atom is -0.345 e. The summed E-state index contributed by atoms with van der Waals surface area (Å²) in [6, 6.07) is 13.5. The number of nitrogens with one attached hydrogen (secondary N) is 1. The smallest absolute Gasteiger partial charge is 0.137 e. The molecule has 2 nitrogen and oxygen atoms in total. The maximum atomic E-state index is 4.46. The topological polar surface area (TPSA) is 28.7 Å². The van der Waals surface area contributed by atoms with E-state index in [0.29, 0.717) is 0 Å². The van der Waals surface area contributed by atoms with Crippen molar-refractivity contribution in [2.45, 2.75) is 32.6 Å². The highest BCUT2D eigenvalue weighted by Gasteiger charge is 2.35. The first-order valence-corrected chi connectivity index (χ1v) is 7.90. The zero-order valence-corrected chi connectivity index (χ0v) is 13.3. The van der Waals surface area contributed by atoms with Crippen molar-refractivity contribution >= 4 is 0 Å². The lowest BCUT2D eigenvalue weighted by atomic mass is 9.81. The van der Waals surface area contributed by atoms with Gasteiger partial charge in [0.25, 0.3) is 0 Å². The molecule has 0 amide bonds. The third-order valence-electron chi connectivity index (χ3n) is 4.94. The lowest BCUT2D eigenvalue weighted by Crippen LogP contribution is -2.15. The molecule has 0 bridgehead atoms. The highest BCUT2D eigenvalue weighted by molar-refractivity contribution is 5.84. The van der Waals surface area contributed by atoms with Gasteiger partial charge in [-0.15, -0.1) is 0 Å². The summed E-state index contributed by atoms with van der Waals surface area (Å²) in [5.41, 5.74) is 8.20. The van der Waals surface area contributed by atoms with Crippen LogP contribution in [-0.4, -0.2) is 9.97 Å². The van der Waals surface area contributed by atoms with Crippen molar-refractivity contribution in [3.8, 4) is 22.5 Å². The van der Waals surface area contributed by atoms with Gasteiger partial charge in [-0.25, -0.2) is 4.98 Å². The molecule has 0 atom stereocenters. The first-order valence-electron chi connectivity index (χ1n) is 7.90. The number of H-pyrrole nitrogens is 1. The fourth-order valence-corrected chi connectivity index (χ4v) is 3.72. The lowest BCUT2D eigenvalue weighted by Gasteiger charge is -2.22. The number of fused-ring (bicyclic) bond motifs is 3. The van der Waals surface area contributed by atoms with Crippen LogP contribution in [0.15, 0.2) is 48.8 Å². The highest BCUT2D eigenvalue weighted by atomic mass is 14.9. The summed E-state index contributed by atoms with van der Waals surface area (Å²) < 4.78 is 0. The van der Waals surface area contributed by atoms with E-state index in [1.54, 1.807) is 0 Å². The Bertz CT molecular complexity index is 842. The number of imidazole rings is 1. The van der Waals surface area contributed by atoms with E-state index in [-0.39, 0.29) is 5.41 Å². The minimum absolute atomic E-state index is 0.0412.